The summed E-state index contributed by atoms with van der Waals surface area (Å²) in [6.07, 6.45) is 5.35. The van der Waals surface area contributed by atoms with Crippen LogP contribution in [0.3, 0.4) is 0 Å². The molecule has 1 atom stereocenters. The first-order valence-electron chi connectivity index (χ1n) is 6.26. The van der Waals surface area contributed by atoms with Crippen molar-refractivity contribution in [3.8, 4) is 0 Å². The molecular weight excluding hydrogens is 234 g/mol. The van der Waals surface area contributed by atoms with Crippen molar-refractivity contribution >= 4 is 17.8 Å². The van der Waals surface area contributed by atoms with E-state index in [1.807, 2.05) is 0 Å². The van der Waals surface area contributed by atoms with E-state index in [1.165, 1.54) is 0 Å². The van der Waals surface area contributed by atoms with E-state index in [0.29, 0.717) is 12.8 Å². The molecule has 5 nitrogen and oxygen atoms in total. The zero-order valence-corrected chi connectivity index (χ0v) is 10.4. The third kappa shape index (κ3) is 5.12. The number of carbonyl (C=O) groups is 3. The minimum Gasteiger partial charge on any atom is -0.463 e. The van der Waals surface area contributed by atoms with Crippen molar-refractivity contribution in [2.45, 2.75) is 38.5 Å². The first-order valence-corrected chi connectivity index (χ1v) is 6.26. The van der Waals surface area contributed by atoms with Crippen LogP contribution in [0.1, 0.15) is 38.5 Å². The standard InChI is InChI=1S/C13H19NO4/c1-2-12(16)18-9-8-10-6-4-3-5-7-11(15)14-13(10)17/h2,10H,1,3-9H2,(H,14,15,17). The predicted molar refractivity (Wildman–Crippen MR) is 65.5 cm³/mol. The normalized spacial score (nSPS) is 21.2. The Morgan fingerprint density at radius 2 is 2.17 bits per heavy atom. The summed E-state index contributed by atoms with van der Waals surface area (Å²) in [5, 5.41) is 2.39. The third-order valence-electron chi connectivity index (χ3n) is 2.97. The Morgan fingerprint density at radius 1 is 1.39 bits per heavy atom. The Morgan fingerprint density at radius 3 is 2.89 bits per heavy atom. The van der Waals surface area contributed by atoms with Gasteiger partial charge in [-0.25, -0.2) is 4.79 Å². The zero-order valence-electron chi connectivity index (χ0n) is 10.4. The summed E-state index contributed by atoms with van der Waals surface area (Å²) in [4.78, 5) is 34.0. The number of rotatable bonds is 4. The van der Waals surface area contributed by atoms with Gasteiger partial charge in [0.05, 0.1) is 6.61 Å². The first-order chi connectivity index (χ1) is 8.63. The summed E-state index contributed by atoms with van der Waals surface area (Å²) in [5.74, 6) is -1.22. The topological polar surface area (TPSA) is 72.5 Å². The van der Waals surface area contributed by atoms with Crippen molar-refractivity contribution in [3.63, 3.8) is 0 Å². The summed E-state index contributed by atoms with van der Waals surface area (Å²) in [6, 6.07) is 0. The molecule has 1 aliphatic heterocycles. The molecule has 1 fully saturated rings. The minimum atomic E-state index is -0.491. The number of ether oxygens (including phenoxy) is 1. The summed E-state index contributed by atoms with van der Waals surface area (Å²) in [7, 11) is 0. The second kappa shape index (κ2) is 7.63. The maximum absolute atomic E-state index is 11.8. The van der Waals surface area contributed by atoms with Gasteiger partial charge in [0.1, 0.15) is 0 Å². The van der Waals surface area contributed by atoms with Crippen molar-refractivity contribution in [1.29, 1.82) is 0 Å². The third-order valence-corrected chi connectivity index (χ3v) is 2.97. The highest BCUT2D eigenvalue weighted by Crippen LogP contribution is 2.17. The van der Waals surface area contributed by atoms with E-state index in [0.717, 1.165) is 31.8 Å². The van der Waals surface area contributed by atoms with Crippen molar-refractivity contribution in [1.82, 2.24) is 5.32 Å². The largest absolute Gasteiger partial charge is 0.463 e. The molecular formula is C13H19NO4. The molecule has 1 unspecified atom stereocenters. The highest BCUT2D eigenvalue weighted by Gasteiger charge is 2.21. The number of carbonyl (C=O) groups excluding carboxylic acids is 3. The fourth-order valence-corrected chi connectivity index (χ4v) is 1.92. The van der Waals surface area contributed by atoms with Crippen LogP contribution in [0, 0.1) is 5.92 Å². The summed E-state index contributed by atoms with van der Waals surface area (Å²) in [5.41, 5.74) is 0. The molecule has 0 spiro atoms. The molecule has 1 N–H and O–H groups in total. The van der Waals surface area contributed by atoms with Crippen LogP contribution < -0.4 is 5.32 Å². The van der Waals surface area contributed by atoms with Crippen LogP contribution in [0.25, 0.3) is 0 Å². The van der Waals surface area contributed by atoms with Gasteiger partial charge in [-0.3, -0.25) is 14.9 Å². The Hall–Kier alpha value is -1.65. The van der Waals surface area contributed by atoms with E-state index in [4.69, 9.17) is 4.74 Å². The van der Waals surface area contributed by atoms with Crippen molar-refractivity contribution < 1.29 is 19.1 Å². The van der Waals surface area contributed by atoms with Gasteiger partial charge >= 0.3 is 5.97 Å². The maximum Gasteiger partial charge on any atom is 0.330 e. The minimum absolute atomic E-state index is 0.178. The van der Waals surface area contributed by atoms with Crippen LogP contribution in [-0.2, 0) is 19.1 Å². The molecule has 0 aromatic heterocycles. The van der Waals surface area contributed by atoms with Gasteiger partial charge in [-0.1, -0.05) is 19.4 Å². The van der Waals surface area contributed by atoms with Crippen LogP contribution >= 0.6 is 0 Å². The zero-order chi connectivity index (χ0) is 13.4. The Labute approximate surface area is 107 Å². The molecule has 100 valence electrons. The fraction of sp³-hybridized carbons (Fsp3) is 0.615. The van der Waals surface area contributed by atoms with E-state index in [9.17, 15) is 14.4 Å². The molecule has 1 heterocycles. The van der Waals surface area contributed by atoms with Gasteiger partial charge in [0, 0.05) is 18.4 Å². The lowest BCUT2D eigenvalue weighted by atomic mass is 9.98. The number of hydrogen-bond acceptors (Lipinski definition) is 4. The number of nitrogens with one attached hydrogen (secondary N) is 1. The second-order valence-electron chi connectivity index (χ2n) is 4.37. The van der Waals surface area contributed by atoms with Gasteiger partial charge < -0.3 is 4.74 Å². The van der Waals surface area contributed by atoms with Crippen molar-refractivity contribution in [2.24, 2.45) is 5.92 Å². The van der Waals surface area contributed by atoms with Crippen LogP contribution in [-0.4, -0.2) is 24.4 Å². The average Bonchev–Trinajstić information content (AvgIpc) is 2.41. The van der Waals surface area contributed by atoms with E-state index in [-0.39, 0.29) is 24.3 Å². The quantitative estimate of drug-likeness (QED) is 0.466. The molecule has 18 heavy (non-hydrogen) atoms. The lowest BCUT2D eigenvalue weighted by Gasteiger charge is -2.14. The Bertz CT molecular complexity index is 338. The molecule has 0 bridgehead atoms. The van der Waals surface area contributed by atoms with Crippen molar-refractivity contribution in [3.05, 3.63) is 12.7 Å². The van der Waals surface area contributed by atoms with Crippen LogP contribution in [0.15, 0.2) is 12.7 Å². The fourth-order valence-electron chi connectivity index (χ4n) is 1.92. The van der Waals surface area contributed by atoms with Crippen molar-refractivity contribution in [2.75, 3.05) is 6.61 Å². The second-order valence-corrected chi connectivity index (χ2v) is 4.37. The van der Waals surface area contributed by atoms with E-state index in [2.05, 4.69) is 11.9 Å². The molecule has 1 saturated heterocycles. The van der Waals surface area contributed by atoms with Crippen LogP contribution in [0.2, 0.25) is 0 Å². The van der Waals surface area contributed by atoms with E-state index in [1.54, 1.807) is 0 Å². The van der Waals surface area contributed by atoms with Gasteiger partial charge in [0.25, 0.3) is 0 Å². The molecule has 2 amide bonds. The summed E-state index contributed by atoms with van der Waals surface area (Å²) in [6.45, 7) is 3.47. The Kier molecular flexibility index (Phi) is 6.11. The van der Waals surface area contributed by atoms with Crippen LogP contribution in [0.4, 0.5) is 0 Å². The molecule has 0 aliphatic carbocycles. The molecule has 0 aromatic rings. The maximum atomic E-state index is 11.8. The van der Waals surface area contributed by atoms with Gasteiger partial charge in [0.2, 0.25) is 11.8 Å². The van der Waals surface area contributed by atoms with Gasteiger partial charge in [-0.05, 0) is 19.3 Å². The molecule has 1 rings (SSSR count). The number of hydrogen-bond donors (Lipinski definition) is 1. The van der Waals surface area contributed by atoms with Gasteiger partial charge in [-0.15, -0.1) is 0 Å². The monoisotopic (exact) mass is 253 g/mol. The number of esters is 1. The number of imide groups is 1. The van der Waals surface area contributed by atoms with Crippen LogP contribution in [0.5, 0.6) is 0 Å². The average molecular weight is 253 g/mol. The lowest BCUT2D eigenvalue weighted by Crippen LogP contribution is -2.35. The highest BCUT2D eigenvalue weighted by molar-refractivity contribution is 5.96. The molecule has 0 saturated carbocycles. The predicted octanol–water partition coefficient (Wildman–Crippen LogP) is 1.33. The Balaban J connectivity index is 2.44. The molecule has 0 aromatic carbocycles. The van der Waals surface area contributed by atoms with Gasteiger partial charge in [0.15, 0.2) is 0 Å². The SMILES string of the molecule is C=CC(=O)OCCC1CCCCCC(=O)NC1=O. The van der Waals surface area contributed by atoms with E-state index < -0.39 is 5.97 Å². The van der Waals surface area contributed by atoms with Gasteiger partial charge in [-0.2, -0.15) is 0 Å². The van der Waals surface area contributed by atoms with E-state index >= 15 is 0 Å². The highest BCUT2D eigenvalue weighted by atomic mass is 16.5. The molecule has 5 heteroatoms. The molecule has 0 radical (unpaired) electrons. The smallest absolute Gasteiger partial charge is 0.330 e. The number of amides is 2. The first kappa shape index (κ1) is 14.4. The summed E-state index contributed by atoms with van der Waals surface area (Å²) >= 11 is 0. The molecule has 1 aliphatic rings. The lowest BCUT2D eigenvalue weighted by molar-refractivity contribution is -0.140. The summed E-state index contributed by atoms with van der Waals surface area (Å²) < 4.78 is 4.85.